The first-order chi connectivity index (χ1) is 7.76. The molecule has 1 atom stereocenters. The van der Waals surface area contributed by atoms with Crippen LogP contribution in [-0.4, -0.2) is 21.8 Å². The Morgan fingerprint density at radius 1 is 1.24 bits per heavy atom. The van der Waals surface area contributed by atoms with Gasteiger partial charge in [0.2, 0.25) is 0 Å². The van der Waals surface area contributed by atoms with Gasteiger partial charge in [-0.2, -0.15) is 0 Å². The molecule has 0 aliphatic rings. The van der Waals surface area contributed by atoms with Gasteiger partial charge in [0.15, 0.2) is 0 Å². The molecule has 1 unspecified atom stereocenters. The van der Waals surface area contributed by atoms with E-state index in [9.17, 15) is 0 Å². The normalized spacial score (nSPS) is 14.3. The van der Waals surface area contributed by atoms with Crippen molar-refractivity contribution in [2.24, 2.45) is 5.92 Å². The van der Waals surface area contributed by atoms with Crippen LogP contribution in [0.1, 0.15) is 51.1 Å². The molecule has 4 heteroatoms. The van der Waals surface area contributed by atoms with Gasteiger partial charge in [0.1, 0.15) is 10.0 Å². The fraction of sp³-hybridized carbons (Fsp3) is 0.846. The summed E-state index contributed by atoms with van der Waals surface area (Å²) in [5.74, 6) is 0.698. The molecule has 98 valence electrons. The zero-order valence-electron chi connectivity index (χ0n) is 11.9. The zero-order chi connectivity index (χ0) is 13.1. The van der Waals surface area contributed by atoms with Gasteiger partial charge in [-0.1, -0.05) is 13.8 Å². The maximum atomic E-state index is 4.22. The van der Waals surface area contributed by atoms with Crippen LogP contribution in [0.25, 0.3) is 0 Å². The van der Waals surface area contributed by atoms with Crippen LogP contribution in [-0.2, 0) is 6.42 Å². The molecule has 0 saturated carbocycles. The summed E-state index contributed by atoms with van der Waals surface area (Å²) in [6.45, 7) is 13.2. The average Bonchev–Trinajstić information content (AvgIpc) is 2.46. The third-order valence-corrected chi connectivity index (χ3v) is 3.24. The summed E-state index contributed by atoms with van der Waals surface area (Å²) in [4.78, 5) is 0. The van der Waals surface area contributed by atoms with Gasteiger partial charge in [0.05, 0.1) is 0 Å². The Hall–Kier alpha value is -0.480. The summed E-state index contributed by atoms with van der Waals surface area (Å²) in [6, 6.07) is 0.488. The maximum absolute atomic E-state index is 4.22. The minimum atomic E-state index is 0.152. The lowest BCUT2D eigenvalue weighted by Gasteiger charge is -2.29. The van der Waals surface area contributed by atoms with Crippen molar-refractivity contribution in [1.82, 2.24) is 15.5 Å². The van der Waals surface area contributed by atoms with Crippen LogP contribution < -0.4 is 5.32 Å². The average molecular weight is 255 g/mol. The molecule has 1 N–H and O–H groups in total. The first-order valence-corrected chi connectivity index (χ1v) is 7.14. The Kier molecular flexibility index (Phi) is 5.07. The minimum absolute atomic E-state index is 0.152. The number of aromatic nitrogens is 2. The Morgan fingerprint density at radius 3 is 2.29 bits per heavy atom. The highest BCUT2D eigenvalue weighted by molar-refractivity contribution is 7.11. The molecule has 0 amide bonds. The largest absolute Gasteiger partial charge is 0.309 e. The molecule has 0 fully saturated rings. The fourth-order valence-electron chi connectivity index (χ4n) is 2.01. The van der Waals surface area contributed by atoms with Crippen molar-refractivity contribution in [3.05, 3.63) is 10.0 Å². The quantitative estimate of drug-likeness (QED) is 0.878. The highest BCUT2D eigenvalue weighted by Gasteiger charge is 2.20. The number of aryl methyl sites for hydroxylation is 1. The molecule has 0 spiro atoms. The predicted octanol–water partition coefficient (Wildman–Crippen LogP) is 3.19. The van der Waals surface area contributed by atoms with Gasteiger partial charge < -0.3 is 5.32 Å². The van der Waals surface area contributed by atoms with Crippen LogP contribution in [0.5, 0.6) is 0 Å². The van der Waals surface area contributed by atoms with Crippen LogP contribution in [0.3, 0.4) is 0 Å². The molecule has 1 rings (SSSR count). The van der Waals surface area contributed by atoms with Gasteiger partial charge in [-0.3, -0.25) is 0 Å². The summed E-state index contributed by atoms with van der Waals surface area (Å²) in [7, 11) is 0. The van der Waals surface area contributed by atoms with Crippen molar-refractivity contribution in [2.75, 3.05) is 0 Å². The first kappa shape index (κ1) is 14.6. The molecule has 0 aromatic carbocycles. The van der Waals surface area contributed by atoms with Gasteiger partial charge in [0.25, 0.3) is 0 Å². The van der Waals surface area contributed by atoms with Crippen molar-refractivity contribution >= 4 is 11.3 Å². The number of nitrogens with zero attached hydrogens (tertiary/aromatic N) is 2. The highest BCUT2D eigenvalue weighted by atomic mass is 32.1. The standard InChI is InChI=1S/C13H25N3S/c1-9(2)7-11(14-13(4,5)6)8-12-16-15-10(3)17-12/h9,11,14H,7-8H2,1-6H3. The number of hydrogen-bond donors (Lipinski definition) is 1. The number of hydrogen-bond acceptors (Lipinski definition) is 4. The third kappa shape index (κ3) is 6.13. The topological polar surface area (TPSA) is 37.8 Å². The van der Waals surface area contributed by atoms with E-state index < -0.39 is 0 Å². The van der Waals surface area contributed by atoms with Crippen molar-refractivity contribution in [2.45, 2.75) is 66.0 Å². The molecule has 0 saturated heterocycles. The SMILES string of the molecule is Cc1nnc(CC(CC(C)C)NC(C)(C)C)s1. The van der Waals surface area contributed by atoms with Crippen LogP contribution in [0.4, 0.5) is 0 Å². The van der Waals surface area contributed by atoms with Crippen LogP contribution in [0.2, 0.25) is 0 Å². The van der Waals surface area contributed by atoms with Crippen LogP contribution >= 0.6 is 11.3 Å². The molecular formula is C13H25N3S. The van der Waals surface area contributed by atoms with Crippen molar-refractivity contribution in [3.63, 3.8) is 0 Å². The van der Waals surface area contributed by atoms with Crippen LogP contribution in [0.15, 0.2) is 0 Å². The second kappa shape index (κ2) is 5.91. The Bertz CT molecular complexity index is 339. The Labute approximate surface area is 109 Å². The van der Waals surface area contributed by atoms with E-state index in [0.717, 1.165) is 16.4 Å². The predicted molar refractivity (Wildman–Crippen MR) is 74.5 cm³/mol. The van der Waals surface area contributed by atoms with Crippen molar-refractivity contribution in [3.8, 4) is 0 Å². The third-order valence-electron chi connectivity index (χ3n) is 2.38. The minimum Gasteiger partial charge on any atom is -0.309 e. The molecule has 17 heavy (non-hydrogen) atoms. The molecule has 3 nitrogen and oxygen atoms in total. The molecule has 0 bridgehead atoms. The van der Waals surface area contributed by atoms with Gasteiger partial charge in [-0.15, -0.1) is 21.5 Å². The van der Waals surface area contributed by atoms with E-state index in [4.69, 9.17) is 0 Å². The molecule has 1 aromatic rings. The van der Waals surface area contributed by atoms with Gasteiger partial charge >= 0.3 is 0 Å². The zero-order valence-corrected chi connectivity index (χ0v) is 12.7. The smallest absolute Gasteiger partial charge is 0.118 e. The lowest BCUT2D eigenvalue weighted by atomic mass is 9.98. The second-order valence-electron chi connectivity index (χ2n) is 6.14. The summed E-state index contributed by atoms with van der Waals surface area (Å²) >= 11 is 1.71. The van der Waals surface area contributed by atoms with E-state index >= 15 is 0 Å². The summed E-state index contributed by atoms with van der Waals surface area (Å²) in [6.07, 6.45) is 2.16. The lowest BCUT2D eigenvalue weighted by Crippen LogP contribution is -2.45. The van der Waals surface area contributed by atoms with Crippen LogP contribution in [0, 0.1) is 12.8 Å². The van der Waals surface area contributed by atoms with Crippen molar-refractivity contribution < 1.29 is 0 Å². The number of rotatable bonds is 5. The molecule has 0 aliphatic heterocycles. The van der Waals surface area contributed by atoms with E-state index in [-0.39, 0.29) is 5.54 Å². The summed E-state index contributed by atoms with van der Waals surface area (Å²) in [5.41, 5.74) is 0.152. The monoisotopic (exact) mass is 255 g/mol. The van der Waals surface area contributed by atoms with Gasteiger partial charge in [-0.25, -0.2) is 0 Å². The van der Waals surface area contributed by atoms with Gasteiger partial charge in [0, 0.05) is 18.0 Å². The molecule has 0 aliphatic carbocycles. The van der Waals surface area contributed by atoms with Crippen molar-refractivity contribution in [1.29, 1.82) is 0 Å². The van der Waals surface area contributed by atoms with E-state index in [1.165, 1.54) is 6.42 Å². The van der Waals surface area contributed by atoms with E-state index in [0.29, 0.717) is 12.0 Å². The second-order valence-corrected chi connectivity index (χ2v) is 7.41. The summed E-state index contributed by atoms with van der Waals surface area (Å²) < 4.78 is 0. The molecular weight excluding hydrogens is 230 g/mol. The fourth-order valence-corrected chi connectivity index (χ4v) is 2.79. The van der Waals surface area contributed by atoms with E-state index in [1.807, 2.05) is 6.92 Å². The van der Waals surface area contributed by atoms with E-state index in [2.05, 4.69) is 50.1 Å². The molecule has 1 aromatic heterocycles. The van der Waals surface area contributed by atoms with E-state index in [1.54, 1.807) is 11.3 Å². The molecule has 0 radical (unpaired) electrons. The highest BCUT2D eigenvalue weighted by Crippen LogP contribution is 2.16. The van der Waals surface area contributed by atoms with Gasteiger partial charge in [-0.05, 0) is 40.0 Å². The summed E-state index contributed by atoms with van der Waals surface area (Å²) in [5, 5.41) is 14.2. The Balaban J connectivity index is 2.63. The first-order valence-electron chi connectivity index (χ1n) is 6.33. The Morgan fingerprint density at radius 2 is 1.88 bits per heavy atom. The maximum Gasteiger partial charge on any atom is 0.118 e. The lowest BCUT2D eigenvalue weighted by molar-refractivity contribution is 0.319. The molecule has 1 heterocycles. The number of nitrogens with one attached hydrogen (secondary N) is 1.